The summed E-state index contributed by atoms with van der Waals surface area (Å²) in [6, 6.07) is 15.0. The van der Waals surface area contributed by atoms with Crippen LogP contribution < -0.4 is 10.2 Å². The van der Waals surface area contributed by atoms with Crippen molar-refractivity contribution in [3.8, 4) is 0 Å². The van der Waals surface area contributed by atoms with Crippen molar-refractivity contribution < 1.29 is 0 Å². The highest BCUT2D eigenvalue weighted by molar-refractivity contribution is 7.80. The second-order valence-corrected chi connectivity index (χ2v) is 5.36. The Labute approximate surface area is 119 Å². The highest BCUT2D eigenvalue weighted by atomic mass is 32.1. The number of rotatable bonds is 1. The van der Waals surface area contributed by atoms with Crippen molar-refractivity contribution in [3.63, 3.8) is 0 Å². The predicted molar refractivity (Wildman–Crippen MR) is 85.7 cm³/mol. The van der Waals surface area contributed by atoms with E-state index in [9.17, 15) is 0 Å². The van der Waals surface area contributed by atoms with Crippen LogP contribution in [0.15, 0.2) is 42.5 Å². The second-order valence-electron chi connectivity index (χ2n) is 4.98. The Morgan fingerprint density at radius 3 is 2.68 bits per heavy atom. The number of nitrogens with one attached hydrogen (secondary N) is 1. The molecular weight excluding hydrogens is 252 g/mol. The fourth-order valence-electron chi connectivity index (χ4n) is 2.55. The van der Waals surface area contributed by atoms with E-state index >= 15 is 0 Å². The van der Waals surface area contributed by atoms with Crippen molar-refractivity contribution in [2.45, 2.75) is 19.3 Å². The molecule has 3 heteroatoms. The fraction of sp³-hybridized carbons (Fsp3) is 0.312. The van der Waals surface area contributed by atoms with Crippen LogP contribution in [0.4, 0.5) is 5.69 Å². The second kappa shape index (κ2) is 5.57. The number of fused-ring (bicyclic) bond motifs is 1. The molecule has 3 rings (SSSR count). The summed E-state index contributed by atoms with van der Waals surface area (Å²) >= 11 is 5.49. The van der Waals surface area contributed by atoms with E-state index in [1.54, 1.807) is 0 Å². The molecule has 0 atom stereocenters. The molecule has 1 fully saturated rings. The normalized spacial score (nSPS) is 16.8. The summed E-state index contributed by atoms with van der Waals surface area (Å²) in [4.78, 5) is 2.22. The van der Waals surface area contributed by atoms with Crippen LogP contribution in [0.2, 0.25) is 0 Å². The molecule has 2 aromatic rings. The lowest BCUT2D eigenvalue weighted by Crippen LogP contribution is -2.42. The lowest BCUT2D eigenvalue weighted by molar-refractivity contribution is 0.643. The van der Waals surface area contributed by atoms with Crippen LogP contribution in [0.3, 0.4) is 0 Å². The molecule has 98 valence electrons. The molecule has 1 heterocycles. The molecule has 2 aromatic carbocycles. The Bertz CT molecular complexity index is 594. The Morgan fingerprint density at radius 2 is 1.79 bits per heavy atom. The van der Waals surface area contributed by atoms with Gasteiger partial charge in [-0.25, -0.2) is 0 Å². The van der Waals surface area contributed by atoms with Crippen molar-refractivity contribution in [2.24, 2.45) is 0 Å². The zero-order valence-corrected chi connectivity index (χ0v) is 11.7. The minimum atomic E-state index is 0.856. The molecule has 0 spiro atoms. The van der Waals surface area contributed by atoms with Gasteiger partial charge in [0.1, 0.15) is 0 Å². The summed E-state index contributed by atoms with van der Waals surface area (Å²) in [5.41, 5.74) is 1.19. The third kappa shape index (κ3) is 2.71. The summed E-state index contributed by atoms with van der Waals surface area (Å²) < 4.78 is 0. The van der Waals surface area contributed by atoms with Gasteiger partial charge in [0.25, 0.3) is 0 Å². The molecule has 1 aliphatic heterocycles. The topological polar surface area (TPSA) is 15.3 Å². The predicted octanol–water partition coefficient (Wildman–Crippen LogP) is 3.70. The standard InChI is InChI=1S/C16H18N2S/c19-16-17-10-4-1-5-11-18(16)15-9-8-13-6-2-3-7-14(13)12-15/h2-3,6-9,12H,1,4-5,10-11H2,(H,17,19). The van der Waals surface area contributed by atoms with Crippen LogP contribution in [-0.4, -0.2) is 18.2 Å². The highest BCUT2D eigenvalue weighted by Gasteiger charge is 2.13. The summed E-state index contributed by atoms with van der Waals surface area (Å²) in [5.74, 6) is 0. The monoisotopic (exact) mass is 270 g/mol. The van der Waals surface area contributed by atoms with Gasteiger partial charge >= 0.3 is 0 Å². The van der Waals surface area contributed by atoms with Gasteiger partial charge in [-0.1, -0.05) is 30.3 Å². The van der Waals surface area contributed by atoms with Crippen molar-refractivity contribution >= 4 is 33.8 Å². The molecular formula is C16H18N2S. The number of anilines is 1. The van der Waals surface area contributed by atoms with Crippen LogP contribution in [0.25, 0.3) is 10.8 Å². The van der Waals surface area contributed by atoms with E-state index < -0.39 is 0 Å². The third-order valence-corrected chi connectivity index (χ3v) is 3.99. The molecule has 0 radical (unpaired) electrons. The van der Waals surface area contributed by atoms with Gasteiger partial charge < -0.3 is 10.2 Å². The molecule has 2 nitrogen and oxygen atoms in total. The van der Waals surface area contributed by atoms with Crippen molar-refractivity contribution in [1.82, 2.24) is 5.32 Å². The Balaban J connectivity index is 1.94. The SMILES string of the molecule is S=C1NCCCCCN1c1ccc2ccccc2c1. The summed E-state index contributed by atoms with van der Waals surface area (Å²) in [6.07, 6.45) is 3.68. The van der Waals surface area contributed by atoms with Gasteiger partial charge in [-0.3, -0.25) is 0 Å². The van der Waals surface area contributed by atoms with Crippen LogP contribution in [0.1, 0.15) is 19.3 Å². The van der Waals surface area contributed by atoms with E-state index in [0.717, 1.165) is 18.2 Å². The Hall–Kier alpha value is -1.61. The molecule has 1 saturated heterocycles. The van der Waals surface area contributed by atoms with Crippen molar-refractivity contribution in [2.75, 3.05) is 18.0 Å². The number of benzene rings is 2. The molecule has 0 saturated carbocycles. The fourth-order valence-corrected chi connectivity index (χ4v) is 2.85. The van der Waals surface area contributed by atoms with E-state index in [0.29, 0.717) is 0 Å². The summed E-state index contributed by atoms with van der Waals surface area (Å²) in [6.45, 7) is 1.99. The van der Waals surface area contributed by atoms with Crippen molar-refractivity contribution in [3.05, 3.63) is 42.5 Å². The quantitative estimate of drug-likeness (QED) is 0.795. The van der Waals surface area contributed by atoms with Crippen LogP contribution in [0, 0.1) is 0 Å². The van der Waals surface area contributed by atoms with E-state index in [1.807, 2.05) is 0 Å². The van der Waals surface area contributed by atoms with E-state index in [2.05, 4.69) is 52.7 Å². The molecule has 1 aliphatic rings. The average molecular weight is 270 g/mol. The smallest absolute Gasteiger partial charge is 0.173 e. The minimum absolute atomic E-state index is 0.856. The number of nitrogens with zero attached hydrogens (tertiary/aromatic N) is 1. The Kier molecular flexibility index (Phi) is 3.65. The van der Waals surface area contributed by atoms with Gasteiger partial charge in [-0.2, -0.15) is 0 Å². The zero-order valence-electron chi connectivity index (χ0n) is 10.9. The summed E-state index contributed by atoms with van der Waals surface area (Å²) in [7, 11) is 0. The van der Waals surface area contributed by atoms with Gasteiger partial charge in [0.05, 0.1) is 0 Å². The lowest BCUT2D eigenvalue weighted by Gasteiger charge is -2.28. The number of thiocarbonyl (C=S) groups is 1. The first-order valence-electron chi connectivity index (χ1n) is 6.89. The molecule has 19 heavy (non-hydrogen) atoms. The van der Waals surface area contributed by atoms with E-state index in [1.165, 1.54) is 35.7 Å². The van der Waals surface area contributed by atoms with Gasteiger partial charge in [-0.05, 0) is 54.4 Å². The van der Waals surface area contributed by atoms with Gasteiger partial charge in [0, 0.05) is 18.8 Å². The molecule has 1 N–H and O–H groups in total. The van der Waals surface area contributed by atoms with E-state index in [4.69, 9.17) is 12.2 Å². The van der Waals surface area contributed by atoms with Crippen molar-refractivity contribution in [1.29, 1.82) is 0 Å². The highest BCUT2D eigenvalue weighted by Crippen LogP contribution is 2.23. The van der Waals surface area contributed by atoms with Crippen LogP contribution in [-0.2, 0) is 0 Å². The van der Waals surface area contributed by atoms with E-state index in [-0.39, 0.29) is 0 Å². The minimum Gasteiger partial charge on any atom is -0.362 e. The van der Waals surface area contributed by atoms with Gasteiger partial charge in [0.15, 0.2) is 5.11 Å². The largest absolute Gasteiger partial charge is 0.362 e. The first-order chi connectivity index (χ1) is 9.34. The number of hydrogen-bond acceptors (Lipinski definition) is 1. The molecule has 0 unspecified atom stereocenters. The first-order valence-corrected chi connectivity index (χ1v) is 7.29. The Morgan fingerprint density at radius 1 is 0.947 bits per heavy atom. The maximum absolute atomic E-state index is 5.49. The average Bonchev–Trinajstić information content (AvgIpc) is 2.43. The molecule has 0 aromatic heterocycles. The first kappa shape index (κ1) is 12.4. The van der Waals surface area contributed by atoms with Gasteiger partial charge in [0.2, 0.25) is 0 Å². The number of hydrogen-bond donors (Lipinski definition) is 1. The lowest BCUT2D eigenvalue weighted by atomic mass is 10.1. The van der Waals surface area contributed by atoms with Crippen LogP contribution in [0.5, 0.6) is 0 Å². The van der Waals surface area contributed by atoms with Gasteiger partial charge in [-0.15, -0.1) is 0 Å². The van der Waals surface area contributed by atoms with Crippen LogP contribution >= 0.6 is 12.2 Å². The molecule has 0 amide bonds. The molecule has 0 aliphatic carbocycles. The third-order valence-electron chi connectivity index (χ3n) is 3.62. The maximum atomic E-state index is 5.49. The zero-order chi connectivity index (χ0) is 13.1. The molecule has 0 bridgehead atoms. The maximum Gasteiger partial charge on any atom is 0.173 e. The summed E-state index contributed by atoms with van der Waals surface area (Å²) in [5, 5.41) is 6.74.